The van der Waals surface area contributed by atoms with E-state index in [-0.39, 0.29) is 23.5 Å². The Morgan fingerprint density at radius 1 is 1.18 bits per heavy atom. The second-order valence-electron chi connectivity index (χ2n) is 8.33. The molecule has 5 nitrogen and oxygen atoms in total. The lowest BCUT2D eigenvalue weighted by molar-refractivity contribution is -0.141. The Bertz CT molecular complexity index is 810. The van der Waals surface area contributed by atoms with E-state index in [1.165, 1.54) is 25.0 Å². The van der Waals surface area contributed by atoms with Gasteiger partial charge in [-0.25, -0.2) is 9.98 Å². The summed E-state index contributed by atoms with van der Waals surface area (Å²) in [6.45, 7) is 4.17. The quantitative estimate of drug-likeness (QED) is 0.693. The third-order valence-electron chi connectivity index (χ3n) is 5.99. The highest BCUT2D eigenvalue weighted by atomic mass is 19.4. The molecule has 4 N–H and O–H groups in total. The first-order valence-electron chi connectivity index (χ1n) is 9.85. The highest BCUT2D eigenvalue weighted by Crippen LogP contribution is 2.43. The van der Waals surface area contributed by atoms with Gasteiger partial charge >= 0.3 is 6.18 Å². The van der Waals surface area contributed by atoms with Gasteiger partial charge in [-0.2, -0.15) is 13.2 Å². The van der Waals surface area contributed by atoms with Crippen LogP contribution in [0.4, 0.5) is 13.2 Å². The van der Waals surface area contributed by atoms with Crippen LogP contribution in [0.1, 0.15) is 50.9 Å². The molecule has 1 aliphatic heterocycles. The Labute approximate surface area is 162 Å². The number of hydrogen-bond donors (Lipinski definition) is 3. The molecule has 2 aliphatic carbocycles. The third-order valence-corrected chi connectivity index (χ3v) is 5.99. The van der Waals surface area contributed by atoms with Crippen LogP contribution in [-0.2, 0) is 6.18 Å². The zero-order valence-corrected chi connectivity index (χ0v) is 16.1. The molecule has 0 spiro atoms. The van der Waals surface area contributed by atoms with Crippen LogP contribution in [0, 0.1) is 17.8 Å². The fourth-order valence-corrected chi connectivity index (χ4v) is 3.74. The van der Waals surface area contributed by atoms with Gasteiger partial charge < -0.3 is 16.4 Å². The zero-order valence-electron chi connectivity index (χ0n) is 16.1. The van der Waals surface area contributed by atoms with Crippen molar-refractivity contribution in [3.8, 4) is 0 Å². The van der Waals surface area contributed by atoms with Crippen LogP contribution in [0.2, 0.25) is 0 Å². The Morgan fingerprint density at radius 3 is 2.46 bits per heavy atom. The number of halogens is 3. The third kappa shape index (κ3) is 4.01. The molecule has 2 heterocycles. The average molecular weight is 393 g/mol. The van der Waals surface area contributed by atoms with E-state index in [1.807, 2.05) is 6.08 Å². The van der Waals surface area contributed by atoms with Gasteiger partial charge in [-0.15, -0.1) is 0 Å². The van der Waals surface area contributed by atoms with Gasteiger partial charge in [0.15, 0.2) is 5.84 Å². The summed E-state index contributed by atoms with van der Waals surface area (Å²) in [7, 11) is 0. The van der Waals surface area contributed by atoms with Crippen molar-refractivity contribution in [2.24, 2.45) is 28.5 Å². The monoisotopic (exact) mass is 393 g/mol. The van der Waals surface area contributed by atoms with E-state index in [0.717, 1.165) is 18.9 Å². The summed E-state index contributed by atoms with van der Waals surface area (Å²) in [4.78, 5) is 8.41. The SMILES string of the molecule is C[C@H](NC1=CC(N)([C@H](C)C2CC2)N=C(c2cccc(C(F)(F)F)n2)N1)C1CC1. The summed E-state index contributed by atoms with van der Waals surface area (Å²) in [6.07, 6.45) is 1.95. The highest BCUT2D eigenvalue weighted by Gasteiger charge is 2.43. The summed E-state index contributed by atoms with van der Waals surface area (Å²) in [5.41, 5.74) is 4.87. The number of nitrogens with two attached hydrogens (primary N) is 1. The van der Waals surface area contributed by atoms with Gasteiger partial charge in [-0.05, 0) is 62.7 Å². The molecule has 0 saturated heterocycles. The summed E-state index contributed by atoms with van der Waals surface area (Å²) in [5, 5.41) is 6.56. The minimum atomic E-state index is -4.51. The average Bonchev–Trinajstić information content (AvgIpc) is 3.53. The van der Waals surface area contributed by atoms with Gasteiger partial charge in [0.1, 0.15) is 22.9 Å². The van der Waals surface area contributed by atoms with E-state index in [4.69, 9.17) is 5.73 Å². The fourth-order valence-electron chi connectivity index (χ4n) is 3.74. The number of nitrogens with zero attached hydrogens (tertiary/aromatic N) is 2. The van der Waals surface area contributed by atoms with Crippen molar-refractivity contribution < 1.29 is 13.2 Å². The van der Waals surface area contributed by atoms with E-state index in [2.05, 4.69) is 34.5 Å². The van der Waals surface area contributed by atoms with Gasteiger partial charge in [0.2, 0.25) is 0 Å². The first-order chi connectivity index (χ1) is 13.2. The molecule has 2 saturated carbocycles. The first kappa shape index (κ1) is 19.2. The Morgan fingerprint density at radius 2 is 1.86 bits per heavy atom. The molecule has 1 unspecified atom stereocenters. The number of rotatable bonds is 6. The Kier molecular flexibility index (Phi) is 4.64. The molecule has 0 bridgehead atoms. The molecule has 28 heavy (non-hydrogen) atoms. The smallest absolute Gasteiger partial charge is 0.369 e. The number of hydrogen-bond acceptors (Lipinski definition) is 5. The molecule has 1 aromatic heterocycles. The topological polar surface area (TPSA) is 75.3 Å². The van der Waals surface area contributed by atoms with Gasteiger partial charge in [-0.1, -0.05) is 13.0 Å². The van der Waals surface area contributed by atoms with E-state index in [1.54, 1.807) is 0 Å². The molecule has 152 valence electrons. The standard InChI is InChI=1S/C20H26F3N5/c1-11(13-6-7-13)19(24)10-17(25-12(2)14-8-9-14)27-18(28-19)15-4-3-5-16(26-15)20(21,22)23/h3-5,10-14,25H,6-9,24H2,1-2H3,(H,27,28)/t11-,12+,19?/m1/s1. The number of amidine groups is 1. The molecule has 0 aromatic carbocycles. The predicted octanol–water partition coefficient (Wildman–Crippen LogP) is 3.38. The molecule has 3 atom stereocenters. The molecule has 2 fully saturated rings. The maximum atomic E-state index is 13.1. The predicted molar refractivity (Wildman–Crippen MR) is 101 cm³/mol. The van der Waals surface area contributed by atoms with Crippen LogP contribution in [-0.4, -0.2) is 22.5 Å². The summed E-state index contributed by atoms with van der Waals surface area (Å²) < 4.78 is 39.3. The molecule has 8 heteroatoms. The van der Waals surface area contributed by atoms with E-state index in [0.29, 0.717) is 17.7 Å². The molecule has 0 amide bonds. The number of nitrogens with one attached hydrogen (secondary N) is 2. The number of aromatic nitrogens is 1. The maximum absolute atomic E-state index is 13.1. The molecule has 3 aliphatic rings. The molecular formula is C20H26F3N5. The van der Waals surface area contributed by atoms with Gasteiger partial charge in [0.05, 0.1) is 0 Å². The Balaban J connectivity index is 1.66. The highest BCUT2D eigenvalue weighted by molar-refractivity contribution is 5.99. The van der Waals surface area contributed by atoms with Gasteiger partial charge in [0, 0.05) is 12.0 Å². The van der Waals surface area contributed by atoms with Crippen LogP contribution in [0.15, 0.2) is 35.1 Å². The second-order valence-corrected chi connectivity index (χ2v) is 8.33. The largest absolute Gasteiger partial charge is 0.433 e. The lowest BCUT2D eigenvalue weighted by atomic mass is 9.89. The zero-order chi connectivity index (χ0) is 20.1. The second kappa shape index (κ2) is 6.76. The van der Waals surface area contributed by atoms with Crippen molar-refractivity contribution in [3.05, 3.63) is 41.5 Å². The van der Waals surface area contributed by atoms with Gasteiger partial charge in [0.25, 0.3) is 0 Å². The first-order valence-corrected chi connectivity index (χ1v) is 9.85. The molecule has 1 aromatic rings. The number of pyridine rings is 1. The van der Waals surface area contributed by atoms with E-state index >= 15 is 0 Å². The fraction of sp³-hybridized carbons (Fsp3) is 0.600. The van der Waals surface area contributed by atoms with Crippen LogP contribution >= 0.6 is 0 Å². The minimum Gasteiger partial charge on any atom is -0.369 e. The number of alkyl halides is 3. The summed E-state index contributed by atoms with van der Waals surface area (Å²) in [6, 6.07) is 4.08. The van der Waals surface area contributed by atoms with Crippen molar-refractivity contribution >= 4 is 5.84 Å². The number of aliphatic imine (C=N–C) groups is 1. The van der Waals surface area contributed by atoms with Crippen molar-refractivity contribution in [3.63, 3.8) is 0 Å². The van der Waals surface area contributed by atoms with E-state index < -0.39 is 17.5 Å². The minimum absolute atomic E-state index is 0.0865. The normalized spacial score (nSPS) is 27.4. The summed E-state index contributed by atoms with van der Waals surface area (Å²) in [5.74, 6) is 2.15. The van der Waals surface area contributed by atoms with Crippen molar-refractivity contribution in [1.29, 1.82) is 0 Å². The lowest BCUT2D eigenvalue weighted by Crippen LogP contribution is -2.52. The molecule has 0 radical (unpaired) electrons. The Hall–Kier alpha value is -2.09. The molecule has 4 rings (SSSR count). The van der Waals surface area contributed by atoms with Crippen LogP contribution in [0.3, 0.4) is 0 Å². The van der Waals surface area contributed by atoms with Crippen molar-refractivity contribution in [1.82, 2.24) is 15.6 Å². The van der Waals surface area contributed by atoms with Crippen LogP contribution in [0.25, 0.3) is 0 Å². The molecular weight excluding hydrogens is 367 g/mol. The van der Waals surface area contributed by atoms with Crippen LogP contribution in [0.5, 0.6) is 0 Å². The van der Waals surface area contributed by atoms with E-state index in [9.17, 15) is 13.2 Å². The summed E-state index contributed by atoms with van der Waals surface area (Å²) >= 11 is 0. The van der Waals surface area contributed by atoms with Crippen molar-refractivity contribution in [2.75, 3.05) is 0 Å². The maximum Gasteiger partial charge on any atom is 0.433 e. The lowest BCUT2D eigenvalue weighted by Gasteiger charge is -2.35. The van der Waals surface area contributed by atoms with Crippen LogP contribution < -0.4 is 16.4 Å². The van der Waals surface area contributed by atoms with Gasteiger partial charge in [-0.3, -0.25) is 0 Å². The van der Waals surface area contributed by atoms with Crippen molar-refractivity contribution in [2.45, 2.75) is 57.4 Å².